The SMILES string of the molecule is CCC(=O)c1ccc(OCC(O)CSc2nnc(-c3ccco3)n2-c2ccccc2)cc1. The van der Waals surface area contributed by atoms with E-state index in [0.29, 0.717) is 40.2 Å². The van der Waals surface area contributed by atoms with Gasteiger partial charge in [-0.1, -0.05) is 36.9 Å². The first kappa shape index (κ1) is 21.9. The molecule has 164 valence electrons. The topological polar surface area (TPSA) is 90.4 Å². The zero-order valence-electron chi connectivity index (χ0n) is 17.5. The van der Waals surface area contributed by atoms with Gasteiger partial charge in [-0.15, -0.1) is 10.2 Å². The van der Waals surface area contributed by atoms with Crippen molar-refractivity contribution in [3.8, 4) is 23.0 Å². The van der Waals surface area contributed by atoms with E-state index in [4.69, 9.17) is 9.15 Å². The summed E-state index contributed by atoms with van der Waals surface area (Å²) in [4.78, 5) is 11.7. The summed E-state index contributed by atoms with van der Waals surface area (Å²) in [5.41, 5.74) is 1.56. The molecule has 0 fully saturated rings. The maximum Gasteiger partial charge on any atom is 0.205 e. The van der Waals surface area contributed by atoms with E-state index in [1.54, 1.807) is 36.6 Å². The first-order chi connectivity index (χ1) is 15.7. The summed E-state index contributed by atoms with van der Waals surface area (Å²) in [5.74, 6) is 2.27. The highest BCUT2D eigenvalue weighted by molar-refractivity contribution is 7.99. The number of aliphatic hydroxyl groups is 1. The second kappa shape index (κ2) is 10.3. The highest BCUT2D eigenvalue weighted by Gasteiger charge is 2.19. The van der Waals surface area contributed by atoms with Crippen molar-refractivity contribution < 1.29 is 19.1 Å². The number of hydrogen-bond acceptors (Lipinski definition) is 7. The Balaban J connectivity index is 1.41. The molecule has 7 nitrogen and oxygen atoms in total. The monoisotopic (exact) mass is 449 g/mol. The third-order valence-electron chi connectivity index (χ3n) is 4.73. The minimum atomic E-state index is -0.718. The molecule has 4 aromatic rings. The van der Waals surface area contributed by atoms with Gasteiger partial charge in [0.25, 0.3) is 0 Å². The number of ketones is 1. The Hall–Kier alpha value is -3.36. The molecule has 0 aliphatic carbocycles. The van der Waals surface area contributed by atoms with Crippen molar-refractivity contribution in [2.24, 2.45) is 0 Å². The number of furan rings is 1. The quantitative estimate of drug-likeness (QED) is 0.278. The van der Waals surface area contributed by atoms with Crippen molar-refractivity contribution in [3.63, 3.8) is 0 Å². The highest BCUT2D eigenvalue weighted by Crippen LogP contribution is 2.28. The Labute approximate surface area is 190 Å². The number of carbonyl (C=O) groups excluding carboxylic acids is 1. The van der Waals surface area contributed by atoms with Gasteiger partial charge in [-0.25, -0.2) is 0 Å². The van der Waals surface area contributed by atoms with Crippen molar-refractivity contribution in [2.45, 2.75) is 24.6 Å². The van der Waals surface area contributed by atoms with E-state index in [2.05, 4.69) is 10.2 Å². The zero-order chi connectivity index (χ0) is 22.3. The first-order valence-electron chi connectivity index (χ1n) is 10.3. The van der Waals surface area contributed by atoms with E-state index < -0.39 is 6.10 Å². The number of benzene rings is 2. The predicted octanol–water partition coefficient (Wildman–Crippen LogP) is 4.65. The lowest BCUT2D eigenvalue weighted by molar-refractivity contribution is 0.0987. The molecule has 1 atom stereocenters. The number of aliphatic hydroxyl groups excluding tert-OH is 1. The Bertz CT molecular complexity index is 1140. The van der Waals surface area contributed by atoms with Crippen LogP contribution in [0.15, 0.2) is 82.6 Å². The third-order valence-corrected chi connectivity index (χ3v) is 5.81. The normalized spacial score (nSPS) is 11.9. The van der Waals surface area contributed by atoms with Gasteiger partial charge in [0.1, 0.15) is 12.4 Å². The number of aromatic nitrogens is 3. The van der Waals surface area contributed by atoms with Crippen LogP contribution >= 0.6 is 11.8 Å². The fourth-order valence-electron chi connectivity index (χ4n) is 3.09. The van der Waals surface area contributed by atoms with Crippen LogP contribution in [-0.2, 0) is 0 Å². The summed E-state index contributed by atoms with van der Waals surface area (Å²) in [6.45, 7) is 1.95. The third kappa shape index (κ3) is 5.09. The Morgan fingerprint density at radius 1 is 1.09 bits per heavy atom. The van der Waals surface area contributed by atoms with Crippen LogP contribution in [0.25, 0.3) is 17.3 Å². The molecule has 0 spiro atoms. The number of para-hydroxylation sites is 1. The van der Waals surface area contributed by atoms with Gasteiger partial charge in [0, 0.05) is 23.4 Å². The zero-order valence-corrected chi connectivity index (χ0v) is 18.4. The molecule has 1 unspecified atom stereocenters. The smallest absolute Gasteiger partial charge is 0.205 e. The van der Waals surface area contributed by atoms with Crippen molar-refractivity contribution in [3.05, 3.63) is 78.6 Å². The van der Waals surface area contributed by atoms with Crippen LogP contribution in [0.2, 0.25) is 0 Å². The highest BCUT2D eigenvalue weighted by atomic mass is 32.2. The van der Waals surface area contributed by atoms with Crippen LogP contribution < -0.4 is 4.74 Å². The van der Waals surface area contributed by atoms with E-state index in [1.807, 2.05) is 47.9 Å². The number of thioether (sulfide) groups is 1. The van der Waals surface area contributed by atoms with E-state index >= 15 is 0 Å². The number of Topliss-reactive ketones (excluding diaryl/α,β-unsaturated/α-hetero) is 1. The molecule has 0 radical (unpaired) electrons. The van der Waals surface area contributed by atoms with Crippen LogP contribution in [0, 0.1) is 0 Å². The van der Waals surface area contributed by atoms with Gasteiger partial charge in [-0.3, -0.25) is 9.36 Å². The molecule has 0 bridgehead atoms. The summed E-state index contributed by atoms with van der Waals surface area (Å²) in [7, 11) is 0. The van der Waals surface area contributed by atoms with Crippen molar-refractivity contribution in [1.82, 2.24) is 14.8 Å². The molecule has 4 rings (SSSR count). The molecule has 0 aliphatic heterocycles. The molecule has 0 saturated carbocycles. The molecule has 0 aliphatic rings. The van der Waals surface area contributed by atoms with Gasteiger partial charge in [-0.2, -0.15) is 0 Å². The van der Waals surface area contributed by atoms with Gasteiger partial charge in [-0.05, 0) is 48.5 Å². The summed E-state index contributed by atoms with van der Waals surface area (Å²) in [5, 5.41) is 19.7. The Morgan fingerprint density at radius 3 is 2.56 bits per heavy atom. The number of hydrogen-bond donors (Lipinski definition) is 1. The molecule has 0 saturated heterocycles. The number of rotatable bonds is 10. The second-order valence-corrected chi connectivity index (χ2v) is 8.02. The largest absolute Gasteiger partial charge is 0.491 e. The van der Waals surface area contributed by atoms with Crippen LogP contribution in [-0.4, -0.2) is 44.1 Å². The Morgan fingerprint density at radius 2 is 1.88 bits per heavy atom. The number of carbonyl (C=O) groups is 1. The molecule has 8 heteroatoms. The molecule has 2 aromatic carbocycles. The molecule has 32 heavy (non-hydrogen) atoms. The lowest BCUT2D eigenvalue weighted by atomic mass is 10.1. The van der Waals surface area contributed by atoms with Gasteiger partial charge < -0.3 is 14.3 Å². The van der Waals surface area contributed by atoms with Crippen LogP contribution in [0.5, 0.6) is 5.75 Å². The van der Waals surface area contributed by atoms with Crippen LogP contribution in [0.3, 0.4) is 0 Å². The number of ether oxygens (including phenoxy) is 1. The standard InChI is InChI=1S/C24H23N3O4S/c1-2-21(29)17-10-12-20(13-11-17)31-15-19(28)16-32-24-26-25-23(22-9-6-14-30-22)27(24)18-7-4-3-5-8-18/h3-14,19,28H,2,15-16H2,1H3. The second-order valence-electron chi connectivity index (χ2n) is 7.03. The average Bonchev–Trinajstić information content (AvgIpc) is 3.51. The molecule has 2 aromatic heterocycles. The summed E-state index contributed by atoms with van der Waals surface area (Å²) < 4.78 is 13.1. The maximum atomic E-state index is 11.7. The van der Waals surface area contributed by atoms with Crippen molar-refractivity contribution in [2.75, 3.05) is 12.4 Å². The van der Waals surface area contributed by atoms with Gasteiger partial charge >= 0.3 is 0 Å². The molecule has 0 amide bonds. The van der Waals surface area contributed by atoms with E-state index in [9.17, 15) is 9.90 Å². The fraction of sp³-hybridized carbons (Fsp3) is 0.208. The maximum absolute atomic E-state index is 11.7. The van der Waals surface area contributed by atoms with Crippen molar-refractivity contribution in [1.29, 1.82) is 0 Å². The molecular weight excluding hydrogens is 426 g/mol. The summed E-state index contributed by atoms with van der Waals surface area (Å²) in [6, 6.07) is 20.3. The fourth-order valence-corrected chi connectivity index (χ4v) is 3.95. The van der Waals surface area contributed by atoms with E-state index in [1.165, 1.54) is 11.8 Å². The minimum absolute atomic E-state index is 0.0874. The molecule has 2 heterocycles. The van der Waals surface area contributed by atoms with E-state index in [-0.39, 0.29) is 12.4 Å². The van der Waals surface area contributed by atoms with Crippen LogP contribution in [0.1, 0.15) is 23.7 Å². The lowest BCUT2D eigenvalue weighted by Crippen LogP contribution is -2.20. The predicted molar refractivity (Wildman–Crippen MR) is 122 cm³/mol. The van der Waals surface area contributed by atoms with Gasteiger partial charge in [0.15, 0.2) is 16.7 Å². The Kier molecular flexibility index (Phi) is 7.03. The lowest BCUT2D eigenvalue weighted by Gasteiger charge is -2.13. The molecule has 1 N–H and O–H groups in total. The van der Waals surface area contributed by atoms with Crippen LogP contribution in [0.4, 0.5) is 0 Å². The number of nitrogens with zero attached hydrogens (tertiary/aromatic N) is 3. The van der Waals surface area contributed by atoms with Gasteiger partial charge in [0.2, 0.25) is 5.82 Å². The average molecular weight is 450 g/mol. The van der Waals surface area contributed by atoms with E-state index in [0.717, 1.165) is 5.69 Å². The van der Waals surface area contributed by atoms with Gasteiger partial charge in [0.05, 0.1) is 12.4 Å². The molecular formula is C24H23N3O4S. The summed E-state index contributed by atoms with van der Waals surface area (Å²) in [6.07, 6.45) is 1.34. The first-order valence-corrected chi connectivity index (χ1v) is 11.3. The van der Waals surface area contributed by atoms with Crippen molar-refractivity contribution >= 4 is 17.5 Å². The minimum Gasteiger partial charge on any atom is -0.491 e. The summed E-state index contributed by atoms with van der Waals surface area (Å²) >= 11 is 1.39.